The van der Waals surface area contributed by atoms with E-state index >= 15 is 0 Å². The van der Waals surface area contributed by atoms with Gasteiger partial charge < -0.3 is 29.3 Å². The van der Waals surface area contributed by atoms with Crippen LogP contribution in [0, 0.1) is 0 Å². The van der Waals surface area contributed by atoms with Crippen LogP contribution in [0.1, 0.15) is 11.1 Å². The van der Waals surface area contributed by atoms with Crippen LogP contribution in [0.2, 0.25) is 0 Å². The molecular formula is C26H33N3O5. The molecule has 0 aliphatic carbocycles. The second kappa shape index (κ2) is 12.6. The van der Waals surface area contributed by atoms with Gasteiger partial charge in [0.05, 0.1) is 27.9 Å². The van der Waals surface area contributed by atoms with Gasteiger partial charge in [0.2, 0.25) is 17.6 Å². The van der Waals surface area contributed by atoms with Crippen molar-refractivity contribution in [2.24, 2.45) is 0 Å². The number of hydrogen-bond acceptors (Lipinski definition) is 6. The molecule has 182 valence electrons. The fourth-order valence-electron chi connectivity index (χ4n) is 3.83. The van der Waals surface area contributed by atoms with Gasteiger partial charge in [0.1, 0.15) is 0 Å². The molecule has 2 aromatic carbocycles. The van der Waals surface area contributed by atoms with E-state index in [-0.39, 0.29) is 11.8 Å². The summed E-state index contributed by atoms with van der Waals surface area (Å²) >= 11 is 0. The van der Waals surface area contributed by atoms with E-state index < -0.39 is 0 Å². The maximum Gasteiger partial charge on any atom is 0.246 e. The lowest BCUT2D eigenvalue weighted by Crippen LogP contribution is -2.52. The van der Waals surface area contributed by atoms with Crippen molar-refractivity contribution in [3.63, 3.8) is 0 Å². The minimum absolute atomic E-state index is 0.0631. The van der Waals surface area contributed by atoms with E-state index in [9.17, 15) is 9.59 Å². The molecule has 0 spiro atoms. The number of piperazine rings is 1. The van der Waals surface area contributed by atoms with E-state index in [1.807, 2.05) is 23.1 Å². The SMILES string of the molecule is COc1cc(/C=C/C(=O)N2CCN(C(=O)CNCCc3ccccc3)CC2)cc(OC)c1OC. The Balaban J connectivity index is 1.45. The molecule has 34 heavy (non-hydrogen) atoms. The minimum Gasteiger partial charge on any atom is -0.493 e. The maximum atomic E-state index is 12.7. The first-order valence-electron chi connectivity index (χ1n) is 11.3. The molecule has 0 bridgehead atoms. The zero-order chi connectivity index (χ0) is 24.3. The van der Waals surface area contributed by atoms with Crippen molar-refractivity contribution in [3.05, 3.63) is 59.7 Å². The number of nitrogens with one attached hydrogen (secondary N) is 1. The molecular weight excluding hydrogens is 434 g/mol. The van der Waals surface area contributed by atoms with Crippen molar-refractivity contribution in [2.75, 3.05) is 60.6 Å². The summed E-state index contributed by atoms with van der Waals surface area (Å²) in [6, 6.07) is 13.8. The highest BCUT2D eigenvalue weighted by Gasteiger charge is 2.22. The Morgan fingerprint density at radius 2 is 1.53 bits per heavy atom. The second-order valence-corrected chi connectivity index (χ2v) is 7.91. The van der Waals surface area contributed by atoms with Crippen molar-refractivity contribution in [2.45, 2.75) is 6.42 Å². The first-order chi connectivity index (χ1) is 16.5. The quantitative estimate of drug-likeness (QED) is 0.426. The molecule has 0 unspecified atom stereocenters. The number of ether oxygens (including phenoxy) is 3. The second-order valence-electron chi connectivity index (χ2n) is 7.91. The smallest absolute Gasteiger partial charge is 0.246 e. The molecule has 3 rings (SSSR count). The maximum absolute atomic E-state index is 12.7. The van der Waals surface area contributed by atoms with Crippen LogP contribution in [-0.4, -0.2) is 82.2 Å². The molecule has 1 aliphatic rings. The Bertz CT molecular complexity index is 960. The van der Waals surface area contributed by atoms with Gasteiger partial charge in [0.15, 0.2) is 11.5 Å². The van der Waals surface area contributed by atoms with Crippen molar-refractivity contribution < 1.29 is 23.8 Å². The summed E-state index contributed by atoms with van der Waals surface area (Å²) in [6.45, 7) is 3.13. The molecule has 0 radical (unpaired) electrons. The first kappa shape index (κ1) is 25.1. The van der Waals surface area contributed by atoms with Crippen LogP contribution >= 0.6 is 0 Å². The molecule has 0 saturated carbocycles. The van der Waals surface area contributed by atoms with Crippen LogP contribution in [-0.2, 0) is 16.0 Å². The molecule has 0 atom stereocenters. The Kier molecular flexibility index (Phi) is 9.34. The Hall–Kier alpha value is -3.52. The summed E-state index contributed by atoms with van der Waals surface area (Å²) in [4.78, 5) is 28.7. The lowest BCUT2D eigenvalue weighted by molar-refractivity contribution is -0.136. The van der Waals surface area contributed by atoms with Crippen LogP contribution in [0.15, 0.2) is 48.5 Å². The lowest BCUT2D eigenvalue weighted by atomic mass is 10.1. The molecule has 1 fully saturated rings. The molecule has 1 saturated heterocycles. The number of benzene rings is 2. The van der Waals surface area contributed by atoms with Crippen molar-refractivity contribution in [1.82, 2.24) is 15.1 Å². The summed E-state index contributed by atoms with van der Waals surface area (Å²) in [5.41, 5.74) is 2.01. The first-order valence-corrected chi connectivity index (χ1v) is 11.3. The largest absolute Gasteiger partial charge is 0.493 e. The van der Waals surface area contributed by atoms with E-state index in [0.29, 0.717) is 50.0 Å². The number of carbonyl (C=O) groups is 2. The van der Waals surface area contributed by atoms with Gasteiger partial charge in [-0.25, -0.2) is 0 Å². The number of methoxy groups -OCH3 is 3. The summed E-state index contributed by atoms with van der Waals surface area (Å²) in [5, 5.41) is 3.22. The lowest BCUT2D eigenvalue weighted by Gasteiger charge is -2.34. The van der Waals surface area contributed by atoms with Crippen LogP contribution in [0.3, 0.4) is 0 Å². The Morgan fingerprint density at radius 1 is 0.912 bits per heavy atom. The Morgan fingerprint density at radius 3 is 2.12 bits per heavy atom. The predicted molar refractivity (Wildman–Crippen MR) is 131 cm³/mol. The molecule has 8 heteroatoms. The van der Waals surface area contributed by atoms with E-state index in [1.165, 1.54) is 11.6 Å². The topological polar surface area (TPSA) is 80.3 Å². The summed E-state index contributed by atoms with van der Waals surface area (Å²) < 4.78 is 16.0. The van der Waals surface area contributed by atoms with Gasteiger partial charge in [0, 0.05) is 32.3 Å². The van der Waals surface area contributed by atoms with E-state index in [2.05, 4.69) is 17.4 Å². The molecule has 1 N–H and O–H groups in total. The molecule has 2 aromatic rings. The molecule has 8 nitrogen and oxygen atoms in total. The van der Waals surface area contributed by atoms with E-state index in [0.717, 1.165) is 18.5 Å². The van der Waals surface area contributed by atoms with Crippen LogP contribution in [0.5, 0.6) is 17.2 Å². The summed E-state index contributed by atoms with van der Waals surface area (Å²) in [7, 11) is 4.65. The van der Waals surface area contributed by atoms with Crippen LogP contribution in [0.4, 0.5) is 0 Å². The zero-order valence-electron chi connectivity index (χ0n) is 20.1. The number of nitrogens with zero attached hydrogens (tertiary/aromatic N) is 2. The number of rotatable bonds is 10. The molecule has 0 aromatic heterocycles. The normalized spacial score (nSPS) is 13.7. The summed E-state index contributed by atoms with van der Waals surface area (Å²) in [6.07, 6.45) is 4.14. The summed E-state index contributed by atoms with van der Waals surface area (Å²) in [5.74, 6) is 1.52. The van der Waals surface area contributed by atoms with E-state index in [4.69, 9.17) is 14.2 Å². The molecule has 1 aliphatic heterocycles. The number of carbonyl (C=O) groups excluding carboxylic acids is 2. The molecule has 2 amide bonds. The predicted octanol–water partition coefficient (Wildman–Crippen LogP) is 2.23. The number of hydrogen-bond donors (Lipinski definition) is 1. The van der Waals surface area contributed by atoms with Crippen LogP contribution in [0.25, 0.3) is 6.08 Å². The fourth-order valence-corrected chi connectivity index (χ4v) is 3.83. The van der Waals surface area contributed by atoms with Gasteiger partial charge in [-0.2, -0.15) is 0 Å². The highest BCUT2D eigenvalue weighted by molar-refractivity contribution is 5.92. The molecule has 1 heterocycles. The third-order valence-electron chi connectivity index (χ3n) is 5.76. The van der Waals surface area contributed by atoms with Gasteiger partial charge in [-0.15, -0.1) is 0 Å². The van der Waals surface area contributed by atoms with Gasteiger partial charge in [-0.3, -0.25) is 9.59 Å². The van der Waals surface area contributed by atoms with E-state index in [1.54, 1.807) is 44.4 Å². The standard InChI is InChI=1S/C26H33N3O5/c1-32-22-17-21(18-23(33-2)26(22)34-3)9-10-24(30)28-13-15-29(16-14-28)25(31)19-27-12-11-20-7-5-4-6-8-20/h4-10,17-18,27H,11-16,19H2,1-3H3/b10-9+. The van der Waals surface area contributed by atoms with Crippen molar-refractivity contribution in [1.29, 1.82) is 0 Å². The third kappa shape index (κ3) is 6.74. The van der Waals surface area contributed by atoms with Crippen molar-refractivity contribution >= 4 is 17.9 Å². The third-order valence-corrected chi connectivity index (χ3v) is 5.76. The minimum atomic E-state index is -0.0955. The fraction of sp³-hybridized carbons (Fsp3) is 0.385. The highest BCUT2D eigenvalue weighted by atomic mass is 16.5. The number of amides is 2. The van der Waals surface area contributed by atoms with Crippen LogP contribution < -0.4 is 19.5 Å². The van der Waals surface area contributed by atoms with Gasteiger partial charge in [0.25, 0.3) is 0 Å². The van der Waals surface area contributed by atoms with Gasteiger partial charge >= 0.3 is 0 Å². The average molecular weight is 468 g/mol. The Labute approximate surface area is 201 Å². The monoisotopic (exact) mass is 467 g/mol. The van der Waals surface area contributed by atoms with Crippen molar-refractivity contribution in [3.8, 4) is 17.2 Å². The van der Waals surface area contributed by atoms with Gasteiger partial charge in [-0.05, 0) is 42.3 Å². The highest BCUT2D eigenvalue weighted by Crippen LogP contribution is 2.38. The van der Waals surface area contributed by atoms with Gasteiger partial charge in [-0.1, -0.05) is 30.3 Å². The zero-order valence-corrected chi connectivity index (χ0v) is 20.1. The average Bonchev–Trinajstić information content (AvgIpc) is 2.89.